The van der Waals surface area contributed by atoms with Crippen LogP contribution in [0.4, 0.5) is 0 Å². The summed E-state index contributed by atoms with van der Waals surface area (Å²) < 4.78 is 0. The monoisotopic (exact) mass is 315 g/mol. The zero-order valence-electron chi connectivity index (χ0n) is 10.9. The minimum absolute atomic E-state index is 0.0180. The van der Waals surface area contributed by atoms with Crippen molar-refractivity contribution in [3.63, 3.8) is 0 Å². The van der Waals surface area contributed by atoms with E-state index in [1.54, 1.807) is 31.2 Å². The van der Waals surface area contributed by atoms with Gasteiger partial charge in [-0.25, -0.2) is 0 Å². The summed E-state index contributed by atoms with van der Waals surface area (Å²) >= 11 is 11.8. The Bertz CT molecular complexity index is 529. The first kappa shape index (κ1) is 16.5. The Morgan fingerprint density at radius 3 is 2.75 bits per heavy atom. The van der Waals surface area contributed by atoms with E-state index in [1.807, 2.05) is 0 Å². The highest BCUT2D eigenvalue weighted by atomic mass is 35.5. The molecule has 1 amide bonds. The number of amides is 1. The molecule has 0 aliphatic rings. The predicted molar refractivity (Wildman–Crippen MR) is 79.9 cm³/mol. The highest BCUT2D eigenvalue weighted by Crippen LogP contribution is 2.21. The Morgan fingerprint density at radius 1 is 1.40 bits per heavy atom. The van der Waals surface area contributed by atoms with E-state index < -0.39 is 5.97 Å². The number of carboxylic acid groups (broad SMARTS) is 1. The molecule has 0 aromatic heterocycles. The molecule has 0 aliphatic heterocycles. The van der Waals surface area contributed by atoms with Crippen LogP contribution in [-0.2, 0) is 9.59 Å². The van der Waals surface area contributed by atoms with Crippen molar-refractivity contribution >= 4 is 41.2 Å². The number of aliphatic carboxylic acids is 1. The van der Waals surface area contributed by atoms with Crippen LogP contribution in [0.25, 0.3) is 6.08 Å². The highest BCUT2D eigenvalue weighted by molar-refractivity contribution is 6.34. The molecule has 1 unspecified atom stereocenters. The van der Waals surface area contributed by atoms with E-state index in [1.165, 1.54) is 6.08 Å². The summed E-state index contributed by atoms with van der Waals surface area (Å²) in [7, 11) is 0. The van der Waals surface area contributed by atoms with E-state index in [0.717, 1.165) is 0 Å². The number of hydrogen-bond acceptors (Lipinski definition) is 2. The van der Waals surface area contributed by atoms with Crippen molar-refractivity contribution in [3.8, 4) is 0 Å². The van der Waals surface area contributed by atoms with Gasteiger partial charge in [0.25, 0.3) is 0 Å². The first-order valence-corrected chi connectivity index (χ1v) is 6.77. The molecule has 1 aromatic carbocycles. The van der Waals surface area contributed by atoms with Crippen LogP contribution >= 0.6 is 23.2 Å². The molecule has 1 rings (SSSR count). The lowest BCUT2D eigenvalue weighted by molar-refractivity contribution is -0.138. The quantitative estimate of drug-likeness (QED) is 0.792. The number of carbonyl (C=O) groups excluding carboxylic acids is 1. The van der Waals surface area contributed by atoms with E-state index in [2.05, 4.69) is 5.32 Å². The van der Waals surface area contributed by atoms with Crippen LogP contribution in [0.5, 0.6) is 0 Å². The molecule has 2 N–H and O–H groups in total. The summed E-state index contributed by atoms with van der Waals surface area (Å²) in [6.45, 7) is 2.06. The SMILES string of the molecule is CC(CNC(=O)/C=C/c1cc(Cl)ccc1Cl)CC(=O)O. The molecule has 0 spiro atoms. The molecule has 0 bridgehead atoms. The topological polar surface area (TPSA) is 66.4 Å². The first-order valence-electron chi connectivity index (χ1n) is 6.01. The smallest absolute Gasteiger partial charge is 0.303 e. The average molecular weight is 316 g/mol. The minimum atomic E-state index is -0.881. The van der Waals surface area contributed by atoms with Gasteiger partial charge in [-0.05, 0) is 35.8 Å². The van der Waals surface area contributed by atoms with Crippen molar-refractivity contribution in [2.24, 2.45) is 5.92 Å². The molecule has 1 aromatic rings. The maximum absolute atomic E-state index is 11.6. The normalized spacial score (nSPS) is 12.3. The maximum atomic E-state index is 11.6. The number of carbonyl (C=O) groups is 2. The van der Waals surface area contributed by atoms with Crippen LogP contribution in [0.1, 0.15) is 18.9 Å². The van der Waals surface area contributed by atoms with Gasteiger partial charge in [-0.1, -0.05) is 30.1 Å². The van der Waals surface area contributed by atoms with Crippen molar-refractivity contribution in [2.45, 2.75) is 13.3 Å². The lowest BCUT2D eigenvalue weighted by Gasteiger charge is -2.08. The Hall–Kier alpha value is -1.52. The predicted octanol–water partition coefficient (Wildman–Crippen LogP) is 3.23. The number of benzene rings is 1. The summed E-state index contributed by atoms with van der Waals surface area (Å²) in [5.74, 6) is -1.31. The number of hydrogen-bond donors (Lipinski definition) is 2. The fourth-order valence-corrected chi connectivity index (χ4v) is 1.87. The molecule has 4 nitrogen and oxygen atoms in total. The van der Waals surface area contributed by atoms with Crippen molar-refractivity contribution in [3.05, 3.63) is 39.9 Å². The molecule has 0 saturated carbocycles. The Balaban J connectivity index is 2.51. The Morgan fingerprint density at radius 2 is 2.10 bits per heavy atom. The average Bonchev–Trinajstić information content (AvgIpc) is 2.36. The van der Waals surface area contributed by atoms with Gasteiger partial charge in [-0.3, -0.25) is 9.59 Å². The van der Waals surface area contributed by atoms with Gasteiger partial charge < -0.3 is 10.4 Å². The van der Waals surface area contributed by atoms with Crippen LogP contribution in [0.15, 0.2) is 24.3 Å². The lowest BCUT2D eigenvalue weighted by atomic mass is 10.1. The lowest BCUT2D eigenvalue weighted by Crippen LogP contribution is -2.27. The van der Waals surface area contributed by atoms with Crippen LogP contribution in [-0.4, -0.2) is 23.5 Å². The fourth-order valence-electron chi connectivity index (χ4n) is 1.51. The molecule has 0 aliphatic carbocycles. The third kappa shape index (κ3) is 6.08. The van der Waals surface area contributed by atoms with E-state index in [0.29, 0.717) is 22.2 Å². The third-order valence-electron chi connectivity index (χ3n) is 2.52. The Kier molecular flexibility index (Phi) is 6.55. The summed E-state index contributed by atoms with van der Waals surface area (Å²) in [6, 6.07) is 4.96. The van der Waals surface area contributed by atoms with Crippen molar-refractivity contribution in [1.29, 1.82) is 0 Å². The summed E-state index contributed by atoms with van der Waals surface area (Å²) in [5, 5.41) is 12.3. The molecular formula is C14H15Cl2NO3. The number of halogens is 2. The second kappa shape index (κ2) is 7.92. The summed E-state index contributed by atoms with van der Waals surface area (Å²) in [4.78, 5) is 22.1. The van der Waals surface area contributed by atoms with Gasteiger partial charge in [0, 0.05) is 29.1 Å². The maximum Gasteiger partial charge on any atom is 0.303 e. The molecular weight excluding hydrogens is 301 g/mol. The summed E-state index contributed by atoms with van der Waals surface area (Å²) in [5.41, 5.74) is 0.646. The Labute approximate surface area is 127 Å². The van der Waals surface area contributed by atoms with Crippen LogP contribution < -0.4 is 5.32 Å². The highest BCUT2D eigenvalue weighted by Gasteiger charge is 2.08. The van der Waals surface area contributed by atoms with Gasteiger partial charge >= 0.3 is 5.97 Å². The van der Waals surface area contributed by atoms with Gasteiger partial charge in [0.1, 0.15) is 0 Å². The van der Waals surface area contributed by atoms with Gasteiger partial charge in [-0.2, -0.15) is 0 Å². The molecule has 1 atom stereocenters. The molecule has 20 heavy (non-hydrogen) atoms. The molecule has 0 radical (unpaired) electrons. The van der Waals surface area contributed by atoms with Crippen molar-refractivity contribution < 1.29 is 14.7 Å². The second-order valence-corrected chi connectivity index (χ2v) is 5.29. The van der Waals surface area contributed by atoms with E-state index in [9.17, 15) is 9.59 Å². The molecule has 6 heteroatoms. The second-order valence-electron chi connectivity index (χ2n) is 4.45. The minimum Gasteiger partial charge on any atom is -0.481 e. The van der Waals surface area contributed by atoms with Crippen LogP contribution in [0.3, 0.4) is 0 Å². The molecule has 0 heterocycles. The molecule has 108 valence electrons. The zero-order chi connectivity index (χ0) is 15.1. The van der Waals surface area contributed by atoms with Crippen molar-refractivity contribution in [1.82, 2.24) is 5.32 Å². The van der Waals surface area contributed by atoms with E-state index in [4.69, 9.17) is 28.3 Å². The molecule has 0 saturated heterocycles. The molecule has 0 fully saturated rings. The zero-order valence-corrected chi connectivity index (χ0v) is 12.4. The van der Waals surface area contributed by atoms with Gasteiger partial charge in [0.15, 0.2) is 0 Å². The van der Waals surface area contributed by atoms with Crippen LogP contribution in [0, 0.1) is 5.92 Å². The first-order chi connectivity index (χ1) is 9.38. The number of carboxylic acids is 1. The number of nitrogens with one attached hydrogen (secondary N) is 1. The van der Waals surface area contributed by atoms with Crippen LogP contribution in [0.2, 0.25) is 10.0 Å². The fraction of sp³-hybridized carbons (Fsp3) is 0.286. The third-order valence-corrected chi connectivity index (χ3v) is 3.10. The van der Waals surface area contributed by atoms with Gasteiger partial charge in [-0.15, -0.1) is 0 Å². The van der Waals surface area contributed by atoms with E-state index in [-0.39, 0.29) is 18.2 Å². The van der Waals surface area contributed by atoms with Gasteiger partial charge in [0.05, 0.1) is 0 Å². The largest absolute Gasteiger partial charge is 0.481 e. The summed E-state index contributed by atoms with van der Waals surface area (Å²) in [6.07, 6.45) is 2.92. The standard InChI is InChI=1S/C14H15Cl2NO3/c1-9(6-14(19)20)8-17-13(18)5-2-10-7-11(15)3-4-12(10)16/h2-5,7,9H,6,8H2,1H3,(H,17,18)(H,19,20)/b5-2+. The van der Waals surface area contributed by atoms with Gasteiger partial charge in [0.2, 0.25) is 5.91 Å². The van der Waals surface area contributed by atoms with Crippen molar-refractivity contribution in [2.75, 3.05) is 6.54 Å². The van der Waals surface area contributed by atoms with E-state index >= 15 is 0 Å². The number of rotatable bonds is 6.